The van der Waals surface area contributed by atoms with Crippen molar-refractivity contribution in [1.82, 2.24) is 19.9 Å². The van der Waals surface area contributed by atoms with Crippen molar-refractivity contribution >= 4 is 22.3 Å². The molecule has 1 amide bonds. The molecule has 1 N–H and O–H groups in total. The Morgan fingerprint density at radius 3 is 2.33 bits per heavy atom. The zero-order valence-electron chi connectivity index (χ0n) is 22.0. The molecule has 0 saturated carbocycles. The number of aromatic nitrogens is 3. The van der Waals surface area contributed by atoms with Gasteiger partial charge in [0.05, 0.1) is 17.9 Å². The van der Waals surface area contributed by atoms with E-state index in [1.807, 2.05) is 49.4 Å². The smallest absolute Gasteiger partial charge is 0.345 e. The maximum absolute atomic E-state index is 14.1. The van der Waals surface area contributed by atoms with E-state index in [0.29, 0.717) is 22.4 Å². The maximum atomic E-state index is 14.1. The third-order valence-electron chi connectivity index (χ3n) is 7.31. The Morgan fingerprint density at radius 1 is 0.949 bits per heavy atom. The lowest BCUT2D eigenvalue weighted by Gasteiger charge is -2.18. The van der Waals surface area contributed by atoms with E-state index in [0.717, 1.165) is 35.0 Å². The van der Waals surface area contributed by atoms with Crippen molar-refractivity contribution in [2.24, 2.45) is 0 Å². The second-order valence-electron chi connectivity index (χ2n) is 9.76. The predicted molar refractivity (Wildman–Crippen MR) is 147 cm³/mol. The fourth-order valence-corrected chi connectivity index (χ4v) is 4.86. The first kappa shape index (κ1) is 26.4. The number of nitrogens with one attached hydrogen (secondary N) is 1. The van der Waals surface area contributed by atoms with Crippen LogP contribution in [0, 0.1) is 0 Å². The van der Waals surface area contributed by atoms with Crippen molar-refractivity contribution in [3.8, 4) is 11.3 Å². The second kappa shape index (κ2) is 10.5. The van der Waals surface area contributed by atoms with E-state index in [1.165, 1.54) is 5.56 Å². The van der Waals surface area contributed by atoms with E-state index in [9.17, 15) is 18.0 Å². The molecule has 0 bridgehead atoms. The number of benzene rings is 3. The minimum absolute atomic E-state index is 0.0164. The van der Waals surface area contributed by atoms with Crippen LogP contribution in [0.25, 0.3) is 27.7 Å². The van der Waals surface area contributed by atoms with Gasteiger partial charge in [0.1, 0.15) is 5.56 Å². The Bertz CT molecular complexity index is 1630. The third-order valence-corrected chi connectivity index (χ3v) is 7.31. The van der Waals surface area contributed by atoms with Crippen LogP contribution in [-0.4, -0.2) is 20.5 Å². The molecule has 0 aliphatic carbocycles. The molecule has 0 aliphatic rings. The van der Waals surface area contributed by atoms with Gasteiger partial charge < -0.3 is 5.32 Å². The number of nitrogens with zero attached hydrogens (tertiary/aromatic N) is 3. The van der Waals surface area contributed by atoms with Crippen molar-refractivity contribution in [1.29, 1.82) is 0 Å². The molecule has 2 unspecified atom stereocenters. The molecule has 0 spiro atoms. The Morgan fingerprint density at radius 2 is 1.64 bits per heavy atom. The number of hydrogen-bond donors (Lipinski definition) is 1. The molecule has 0 aliphatic heterocycles. The standard InChI is InChI=1S/C31H29F3N4O/c1-4-19(3)20-13-15-22(16-14-20)26(5-2)37-30(39)25-18-35-38-28(31(32,33)34)17-27(36-29(25)38)24-12-8-10-21-9-6-7-11-23(21)24/h6-19,26H,4-5H2,1-3H3,(H,37,39). The van der Waals surface area contributed by atoms with Crippen molar-refractivity contribution in [3.63, 3.8) is 0 Å². The van der Waals surface area contributed by atoms with Crippen LogP contribution in [0.5, 0.6) is 0 Å². The van der Waals surface area contributed by atoms with Crippen LogP contribution in [0.3, 0.4) is 0 Å². The van der Waals surface area contributed by atoms with E-state index in [4.69, 9.17) is 0 Å². The summed E-state index contributed by atoms with van der Waals surface area (Å²) in [6.07, 6.45) is -1.92. The molecule has 3 aromatic carbocycles. The normalized spacial score (nSPS) is 13.5. The molecule has 0 fully saturated rings. The van der Waals surface area contributed by atoms with Gasteiger partial charge in [-0.3, -0.25) is 4.79 Å². The van der Waals surface area contributed by atoms with E-state index in [1.54, 1.807) is 12.1 Å². The number of rotatable bonds is 7. The van der Waals surface area contributed by atoms with Crippen LogP contribution in [0.1, 0.15) is 72.8 Å². The molecular formula is C31H29F3N4O. The lowest BCUT2D eigenvalue weighted by Crippen LogP contribution is -2.28. The Labute approximate surface area is 224 Å². The summed E-state index contributed by atoms with van der Waals surface area (Å²) in [5.41, 5.74) is 1.65. The molecule has 2 aromatic heterocycles. The highest BCUT2D eigenvalue weighted by Gasteiger charge is 2.36. The number of hydrogen-bond acceptors (Lipinski definition) is 3. The van der Waals surface area contributed by atoms with Crippen LogP contribution >= 0.6 is 0 Å². The summed E-state index contributed by atoms with van der Waals surface area (Å²) < 4.78 is 43.1. The highest BCUT2D eigenvalue weighted by atomic mass is 19.4. The molecule has 5 nitrogen and oxygen atoms in total. The number of halogens is 3. The summed E-state index contributed by atoms with van der Waals surface area (Å²) in [6.45, 7) is 6.24. The number of carbonyl (C=O) groups excluding carboxylic acids is 1. The van der Waals surface area contributed by atoms with Gasteiger partial charge in [0.15, 0.2) is 11.3 Å². The minimum Gasteiger partial charge on any atom is -0.345 e. The molecule has 2 atom stereocenters. The Hall–Kier alpha value is -4.20. The fraction of sp³-hybridized carbons (Fsp3) is 0.258. The first-order chi connectivity index (χ1) is 18.7. The Kier molecular flexibility index (Phi) is 7.12. The zero-order chi connectivity index (χ0) is 27.7. The van der Waals surface area contributed by atoms with E-state index in [2.05, 4.69) is 41.4 Å². The first-order valence-corrected chi connectivity index (χ1v) is 13.1. The maximum Gasteiger partial charge on any atom is 0.433 e. The van der Waals surface area contributed by atoms with Gasteiger partial charge >= 0.3 is 6.18 Å². The molecular weight excluding hydrogens is 501 g/mol. The molecule has 200 valence electrons. The van der Waals surface area contributed by atoms with Gasteiger partial charge in [0.2, 0.25) is 0 Å². The van der Waals surface area contributed by atoms with Crippen LogP contribution < -0.4 is 5.32 Å². The summed E-state index contributed by atoms with van der Waals surface area (Å²) in [7, 11) is 0. The monoisotopic (exact) mass is 530 g/mol. The van der Waals surface area contributed by atoms with Crippen molar-refractivity contribution in [2.75, 3.05) is 0 Å². The summed E-state index contributed by atoms with van der Waals surface area (Å²) >= 11 is 0. The highest BCUT2D eigenvalue weighted by Crippen LogP contribution is 2.35. The van der Waals surface area contributed by atoms with Crippen LogP contribution in [0.2, 0.25) is 0 Å². The van der Waals surface area contributed by atoms with Gasteiger partial charge in [0, 0.05) is 5.56 Å². The lowest BCUT2D eigenvalue weighted by atomic mass is 9.95. The molecule has 0 radical (unpaired) electrons. The molecule has 5 aromatic rings. The summed E-state index contributed by atoms with van der Waals surface area (Å²) in [5, 5.41) is 8.54. The van der Waals surface area contributed by atoms with Gasteiger partial charge in [-0.25, -0.2) is 9.50 Å². The topological polar surface area (TPSA) is 59.3 Å². The lowest BCUT2D eigenvalue weighted by molar-refractivity contribution is -0.142. The highest BCUT2D eigenvalue weighted by molar-refractivity contribution is 6.01. The van der Waals surface area contributed by atoms with Crippen LogP contribution in [0.4, 0.5) is 13.2 Å². The van der Waals surface area contributed by atoms with Gasteiger partial charge in [-0.2, -0.15) is 18.3 Å². The van der Waals surface area contributed by atoms with Crippen molar-refractivity contribution < 1.29 is 18.0 Å². The average Bonchev–Trinajstić information content (AvgIpc) is 3.38. The van der Waals surface area contributed by atoms with E-state index in [-0.39, 0.29) is 22.9 Å². The predicted octanol–water partition coefficient (Wildman–Crippen LogP) is 7.96. The molecule has 8 heteroatoms. The SMILES string of the molecule is CCC(C)c1ccc(C(CC)NC(=O)c2cnn3c(C(F)(F)F)cc(-c4cccc5ccccc45)nc23)cc1. The summed E-state index contributed by atoms with van der Waals surface area (Å²) in [6, 6.07) is 21.6. The van der Waals surface area contributed by atoms with Crippen molar-refractivity contribution in [3.05, 3.63) is 101 Å². The Balaban J connectivity index is 1.56. The minimum atomic E-state index is -4.70. The first-order valence-electron chi connectivity index (χ1n) is 13.1. The van der Waals surface area contributed by atoms with Gasteiger partial charge in [-0.15, -0.1) is 0 Å². The molecule has 2 heterocycles. The largest absolute Gasteiger partial charge is 0.433 e. The van der Waals surface area contributed by atoms with Gasteiger partial charge in [-0.1, -0.05) is 87.5 Å². The van der Waals surface area contributed by atoms with Crippen LogP contribution in [-0.2, 0) is 6.18 Å². The molecule has 0 saturated heterocycles. The third kappa shape index (κ3) is 5.11. The van der Waals surface area contributed by atoms with Crippen LogP contribution in [0.15, 0.2) is 79.0 Å². The van der Waals surface area contributed by atoms with E-state index < -0.39 is 17.8 Å². The molecule has 5 rings (SSSR count). The number of alkyl halides is 3. The summed E-state index contributed by atoms with van der Waals surface area (Å²) in [5.74, 6) is -0.101. The number of carbonyl (C=O) groups is 1. The van der Waals surface area contributed by atoms with E-state index >= 15 is 0 Å². The van der Waals surface area contributed by atoms with Gasteiger partial charge in [0.25, 0.3) is 5.91 Å². The second-order valence-corrected chi connectivity index (χ2v) is 9.76. The number of fused-ring (bicyclic) bond motifs is 2. The number of amides is 1. The van der Waals surface area contributed by atoms with Crippen molar-refractivity contribution in [2.45, 2.75) is 51.7 Å². The average molecular weight is 531 g/mol. The fourth-order valence-electron chi connectivity index (χ4n) is 4.86. The molecule has 39 heavy (non-hydrogen) atoms. The zero-order valence-corrected chi connectivity index (χ0v) is 22.0. The summed E-state index contributed by atoms with van der Waals surface area (Å²) in [4.78, 5) is 18.0. The van der Waals surface area contributed by atoms with Gasteiger partial charge in [-0.05, 0) is 46.7 Å². The quantitative estimate of drug-likeness (QED) is 0.232.